The summed E-state index contributed by atoms with van der Waals surface area (Å²) in [5, 5.41) is 1.48. The van der Waals surface area contributed by atoms with Crippen molar-refractivity contribution in [2.45, 2.75) is 38.7 Å². The predicted octanol–water partition coefficient (Wildman–Crippen LogP) is 2.76. The molecule has 3 rings (SSSR count). The molecule has 0 aromatic heterocycles. The molecular formula is C17H23B2BrO. The molecule has 1 aromatic rings. The Hall–Kier alpha value is -0.470. The number of benzene rings is 1. The van der Waals surface area contributed by atoms with Gasteiger partial charge < -0.3 is 4.74 Å². The van der Waals surface area contributed by atoms with Crippen molar-refractivity contribution in [3.8, 4) is 0 Å². The van der Waals surface area contributed by atoms with Gasteiger partial charge in [0.2, 0.25) is 0 Å². The van der Waals surface area contributed by atoms with Gasteiger partial charge in [0.25, 0.3) is 0 Å². The average Bonchev–Trinajstić information content (AvgIpc) is 2.71. The average molecular weight is 345 g/mol. The fourth-order valence-corrected chi connectivity index (χ4v) is 5.13. The first-order chi connectivity index (χ1) is 9.97. The molecule has 0 unspecified atom stereocenters. The van der Waals surface area contributed by atoms with Crippen molar-refractivity contribution in [1.82, 2.24) is 0 Å². The summed E-state index contributed by atoms with van der Waals surface area (Å²) in [5.74, 6) is 0.635. The van der Waals surface area contributed by atoms with E-state index in [1.807, 2.05) is 7.11 Å². The van der Waals surface area contributed by atoms with Crippen LogP contribution in [-0.2, 0) is 11.2 Å². The fourth-order valence-electron chi connectivity index (χ4n) is 4.76. The quantitative estimate of drug-likeness (QED) is 0.712. The molecule has 3 atom stereocenters. The lowest BCUT2D eigenvalue weighted by atomic mass is 9.60. The molecule has 1 fully saturated rings. The molecule has 0 saturated heterocycles. The van der Waals surface area contributed by atoms with Gasteiger partial charge in [-0.05, 0) is 60.3 Å². The van der Waals surface area contributed by atoms with Crippen molar-refractivity contribution < 1.29 is 4.74 Å². The van der Waals surface area contributed by atoms with Crippen molar-refractivity contribution in [3.05, 3.63) is 39.2 Å². The predicted molar refractivity (Wildman–Crippen MR) is 98.1 cm³/mol. The molecule has 1 nitrogen and oxygen atoms in total. The topological polar surface area (TPSA) is 9.23 Å². The first-order valence-electron chi connectivity index (χ1n) is 7.96. The number of hydrogen-bond acceptors (Lipinski definition) is 1. The monoisotopic (exact) mass is 344 g/mol. The van der Waals surface area contributed by atoms with E-state index >= 15 is 0 Å². The molecule has 0 radical (unpaired) electrons. The molecule has 2 aliphatic carbocycles. The minimum atomic E-state index is 0.344. The maximum absolute atomic E-state index is 5.67. The first-order valence-corrected chi connectivity index (χ1v) is 8.76. The third-order valence-corrected chi connectivity index (χ3v) is 5.95. The lowest BCUT2D eigenvalue weighted by Gasteiger charge is -2.43. The van der Waals surface area contributed by atoms with Gasteiger partial charge in [-0.15, -0.1) is 5.37 Å². The molecule has 0 bridgehead atoms. The zero-order valence-corrected chi connectivity index (χ0v) is 15.1. The summed E-state index contributed by atoms with van der Waals surface area (Å²) in [4.78, 5) is 0. The summed E-state index contributed by atoms with van der Waals surface area (Å²) >= 11 is 3.64. The Labute approximate surface area is 138 Å². The SMILES string of the molecule is BC(B)=C1c2cc(Br)ccc2C[C@@]12CC[C@H](OC)[C@@H](C)C2. The zero-order valence-electron chi connectivity index (χ0n) is 13.5. The van der Waals surface area contributed by atoms with E-state index in [4.69, 9.17) is 4.74 Å². The Morgan fingerprint density at radius 1 is 1.38 bits per heavy atom. The number of methoxy groups -OCH3 is 1. The van der Waals surface area contributed by atoms with Crippen LogP contribution >= 0.6 is 15.9 Å². The van der Waals surface area contributed by atoms with Crippen LogP contribution in [0, 0.1) is 11.3 Å². The van der Waals surface area contributed by atoms with Crippen LogP contribution in [0.2, 0.25) is 0 Å². The van der Waals surface area contributed by atoms with E-state index in [0.29, 0.717) is 17.4 Å². The normalized spacial score (nSPS) is 31.5. The molecule has 1 spiro atoms. The van der Waals surface area contributed by atoms with Crippen molar-refractivity contribution >= 4 is 37.2 Å². The standard InChI is InChI=1S/C17H23B2BrO/c1-10-8-17(6-5-14(10)21-2)9-11-3-4-12(20)7-13(11)15(17)16(18)19/h3-4,7,10,14H,5-6,8-9,18-19H2,1-2H3/t10-,14-,17-/m0/s1. The van der Waals surface area contributed by atoms with Gasteiger partial charge >= 0.3 is 0 Å². The summed E-state index contributed by atoms with van der Waals surface area (Å²) in [5.41, 5.74) is 4.96. The fraction of sp³-hybridized carbons (Fsp3) is 0.529. The van der Waals surface area contributed by atoms with Gasteiger partial charge in [0.1, 0.15) is 15.7 Å². The van der Waals surface area contributed by atoms with Crippen molar-refractivity contribution in [2.75, 3.05) is 7.11 Å². The molecule has 0 N–H and O–H groups in total. The summed E-state index contributed by atoms with van der Waals surface area (Å²) in [6, 6.07) is 6.81. The van der Waals surface area contributed by atoms with E-state index in [0.717, 1.165) is 0 Å². The van der Waals surface area contributed by atoms with Crippen molar-refractivity contribution in [1.29, 1.82) is 0 Å². The molecule has 1 aromatic carbocycles. The Kier molecular flexibility index (Phi) is 4.13. The van der Waals surface area contributed by atoms with Gasteiger partial charge in [0.15, 0.2) is 0 Å². The van der Waals surface area contributed by atoms with Crippen LogP contribution in [0.4, 0.5) is 0 Å². The number of hydrogen-bond donors (Lipinski definition) is 0. The summed E-state index contributed by atoms with van der Waals surface area (Å²) in [6.45, 7) is 2.36. The maximum Gasteiger partial charge on any atom is 0.122 e. The minimum Gasteiger partial charge on any atom is -0.381 e. The van der Waals surface area contributed by atoms with Gasteiger partial charge in [-0.3, -0.25) is 0 Å². The Balaban J connectivity index is 2.04. The van der Waals surface area contributed by atoms with Gasteiger partial charge in [-0.1, -0.05) is 34.5 Å². The van der Waals surface area contributed by atoms with Crippen molar-refractivity contribution in [3.63, 3.8) is 0 Å². The molecule has 21 heavy (non-hydrogen) atoms. The number of ether oxygens (including phenoxy) is 1. The largest absolute Gasteiger partial charge is 0.381 e. The lowest BCUT2D eigenvalue weighted by molar-refractivity contribution is 0.00266. The molecule has 110 valence electrons. The van der Waals surface area contributed by atoms with E-state index in [1.54, 1.807) is 5.57 Å². The Morgan fingerprint density at radius 2 is 2.14 bits per heavy atom. The molecule has 2 aliphatic rings. The van der Waals surface area contributed by atoms with Crippen LogP contribution in [0.1, 0.15) is 37.3 Å². The highest BCUT2D eigenvalue weighted by Crippen LogP contribution is 2.57. The number of halogens is 1. The van der Waals surface area contributed by atoms with E-state index in [2.05, 4.69) is 56.7 Å². The van der Waals surface area contributed by atoms with Crippen LogP contribution in [0.5, 0.6) is 0 Å². The molecule has 0 amide bonds. The van der Waals surface area contributed by atoms with Gasteiger partial charge in [-0.2, -0.15) is 0 Å². The lowest BCUT2D eigenvalue weighted by Crippen LogP contribution is -2.37. The van der Waals surface area contributed by atoms with Gasteiger partial charge in [0, 0.05) is 11.6 Å². The highest BCUT2D eigenvalue weighted by molar-refractivity contribution is 9.10. The summed E-state index contributed by atoms with van der Waals surface area (Å²) < 4.78 is 6.86. The van der Waals surface area contributed by atoms with E-state index < -0.39 is 0 Å². The number of fused-ring (bicyclic) bond motifs is 1. The van der Waals surface area contributed by atoms with Gasteiger partial charge in [0.05, 0.1) is 6.10 Å². The third kappa shape index (κ3) is 2.55. The van der Waals surface area contributed by atoms with E-state index in [1.165, 1.54) is 46.7 Å². The number of rotatable bonds is 1. The second-order valence-electron chi connectivity index (χ2n) is 7.13. The number of allylic oxidation sites excluding steroid dienone is 1. The highest BCUT2D eigenvalue weighted by atomic mass is 79.9. The maximum atomic E-state index is 5.67. The molecule has 4 heteroatoms. The van der Waals surface area contributed by atoms with E-state index in [-0.39, 0.29) is 0 Å². The van der Waals surface area contributed by atoms with Crippen molar-refractivity contribution in [2.24, 2.45) is 11.3 Å². The summed E-state index contributed by atoms with van der Waals surface area (Å²) in [7, 11) is 6.42. The molecule has 0 heterocycles. The Morgan fingerprint density at radius 3 is 2.76 bits per heavy atom. The van der Waals surface area contributed by atoms with Crippen LogP contribution in [0.25, 0.3) is 5.57 Å². The second-order valence-corrected chi connectivity index (χ2v) is 8.04. The zero-order chi connectivity index (χ0) is 15.2. The molecular weight excluding hydrogens is 322 g/mol. The van der Waals surface area contributed by atoms with Crippen LogP contribution in [-0.4, -0.2) is 28.9 Å². The van der Waals surface area contributed by atoms with Crippen LogP contribution < -0.4 is 0 Å². The Bertz CT molecular complexity index is 594. The van der Waals surface area contributed by atoms with Crippen LogP contribution in [0.3, 0.4) is 0 Å². The second kappa shape index (κ2) is 5.62. The first kappa shape index (κ1) is 15.4. The van der Waals surface area contributed by atoms with Gasteiger partial charge in [-0.25, -0.2) is 0 Å². The smallest absolute Gasteiger partial charge is 0.122 e. The minimum absolute atomic E-state index is 0.344. The highest BCUT2D eigenvalue weighted by Gasteiger charge is 2.46. The molecule has 1 saturated carbocycles. The van der Waals surface area contributed by atoms with E-state index in [9.17, 15) is 0 Å². The summed E-state index contributed by atoms with van der Waals surface area (Å²) in [6.07, 6.45) is 5.33. The molecule has 0 aliphatic heterocycles. The third-order valence-electron chi connectivity index (χ3n) is 5.46. The van der Waals surface area contributed by atoms with Crippen LogP contribution in [0.15, 0.2) is 28.0 Å².